The monoisotopic (exact) mass is 334 g/mol. The third-order valence-corrected chi connectivity index (χ3v) is 6.17. The van der Waals surface area contributed by atoms with Crippen LogP contribution in [-0.4, -0.2) is 26.6 Å². The number of ether oxygens (including phenoxy) is 1. The third kappa shape index (κ3) is 3.32. The topological polar surface area (TPSA) is 81.4 Å². The normalized spacial score (nSPS) is 27.3. The van der Waals surface area contributed by atoms with E-state index in [0.29, 0.717) is 5.41 Å². The molecule has 0 spiro atoms. The number of fused-ring (bicyclic) bond motifs is 2. The first kappa shape index (κ1) is 17.0. The van der Waals surface area contributed by atoms with E-state index in [2.05, 4.69) is 18.8 Å². The fourth-order valence-corrected chi connectivity index (χ4v) is 4.55. The summed E-state index contributed by atoms with van der Waals surface area (Å²) in [5.41, 5.74) is 0.476. The van der Waals surface area contributed by atoms with Crippen LogP contribution in [0.1, 0.15) is 52.4 Å². The van der Waals surface area contributed by atoms with Crippen molar-refractivity contribution in [2.75, 3.05) is 0 Å². The van der Waals surface area contributed by atoms with Crippen LogP contribution in [0, 0.1) is 23.2 Å². The van der Waals surface area contributed by atoms with Crippen LogP contribution in [-0.2, 0) is 16.1 Å². The van der Waals surface area contributed by atoms with Gasteiger partial charge in [0.2, 0.25) is 0 Å². The van der Waals surface area contributed by atoms with E-state index >= 15 is 0 Å². The number of hydrogen-bond acceptors (Lipinski definition) is 4. The van der Waals surface area contributed by atoms with Crippen molar-refractivity contribution in [1.82, 2.24) is 9.55 Å². The molecule has 0 radical (unpaired) electrons. The molecular weight excluding hydrogens is 308 g/mol. The lowest BCUT2D eigenvalue weighted by molar-refractivity contribution is -0.142. The summed E-state index contributed by atoms with van der Waals surface area (Å²) in [4.78, 5) is 26.3. The van der Waals surface area contributed by atoms with Crippen LogP contribution in [0.15, 0.2) is 12.4 Å². The molecule has 1 aromatic heterocycles. The smallest absolute Gasteiger partial charge is 0.314 e. The highest BCUT2D eigenvalue weighted by molar-refractivity contribution is 5.77. The Bertz CT molecular complexity index is 620. The van der Waals surface area contributed by atoms with E-state index in [1.54, 1.807) is 6.20 Å². The third-order valence-electron chi connectivity index (χ3n) is 6.17. The van der Waals surface area contributed by atoms with E-state index in [4.69, 9.17) is 9.84 Å². The SMILES string of the molecule is CC1(C)C2CCC(CCn3ccnc3OC(=O)CCC(=O)O)C1C2. The molecule has 3 aliphatic rings. The standard InChI is InChI=1S/C18H26N2O4/c1-18(2)13-4-3-12(14(18)11-13)7-9-20-10-8-19-17(20)24-16(23)6-5-15(21)22/h8,10,12-14H,3-7,9,11H2,1-2H3,(H,21,22). The summed E-state index contributed by atoms with van der Waals surface area (Å²) in [7, 11) is 0. The van der Waals surface area contributed by atoms with Gasteiger partial charge in [-0.05, 0) is 48.9 Å². The number of carbonyl (C=O) groups is 2. The van der Waals surface area contributed by atoms with E-state index < -0.39 is 11.9 Å². The van der Waals surface area contributed by atoms with Gasteiger partial charge in [0, 0.05) is 18.9 Å². The van der Waals surface area contributed by atoms with Crippen LogP contribution in [0.3, 0.4) is 0 Å². The van der Waals surface area contributed by atoms with Crippen molar-refractivity contribution in [2.24, 2.45) is 23.2 Å². The number of aromatic nitrogens is 2. The number of aryl methyl sites for hydroxylation is 1. The van der Waals surface area contributed by atoms with Crippen LogP contribution in [0.5, 0.6) is 6.01 Å². The summed E-state index contributed by atoms with van der Waals surface area (Å²) in [6.45, 7) is 5.57. The largest absolute Gasteiger partial charge is 0.481 e. The van der Waals surface area contributed by atoms with Gasteiger partial charge in [-0.2, -0.15) is 0 Å². The van der Waals surface area contributed by atoms with Gasteiger partial charge in [-0.15, -0.1) is 0 Å². The molecule has 3 unspecified atom stereocenters. The first-order valence-electron chi connectivity index (χ1n) is 8.81. The number of hydrogen-bond donors (Lipinski definition) is 1. The second-order valence-corrected chi connectivity index (χ2v) is 7.76. The fraction of sp³-hybridized carbons (Fsp3) is 0.722. The van der Waals surface area contributed by atoms with Crippen molar-refractivity contribution in [2.45, 2.75) is 58.9 Å². The molecule has 24 heavy (non-hydrogen) atoms. The van der Waals surface area contributed by atoms with Gasteiger partial charge in [-0.3, -0.25) is 9.59 Å². The maximum atomic E-state index is 11.7. The lowest BCUT2D eigenvalue weighted by Gasteiger charge is -2.60. The van der Waals surface area contributed by atoms with Crippen LogP contribution in [0.2, 0.25) is 0 Å². The molecule has 3 aliphatic carbocycles. The number of nitrogens with zero attached hydrogens (tertiary/aromatic N) is 2. The zero-order valence-corrected chi connectivity index (χ0v) is 14.4. The van der Waals surface area contributed by atoms with Crippen LogP contribution >= 0.6 is 0 Å². The summed E-state index contributed by atoms with van der Waals surface area (Å²) in [5, 5.41) is 8.61. The van der Waals surface area contributed by atoms with E-state index in [1.807, 2.05) is 10.8 Å². The van der Waals surface area contributed by atoms with Crippen molar-refractivity contribution < 1.29 is 19.4 Å². The molecule has 0 aliphatic heterocycles. The summed E-state index contributed by atoms with van der Waals surface area (Å²) >= 11 is 0. The van der Waals surface area contributed by atoms with Gasteiger partial charge in [0.05, 0.1) is 12.8 Å². The molecule has 0 aromatic carbocycles. The maximum absolute atomic E-state index is 11.7. The molecule has 4 rings (SSSR count). The number of carboxylic acids is 1. The number of carboxylic acid groups (broad SMARTS) is 1. The second kappa shape index (κ2) is 6.57. The average molecular weight is 334 g/mol. The molecular formula is C18H26N2O4. The molecule has 132 valence electrons. The van der Waals surface area contributed by atoms with E-state index in [-0.39, 0.29) is 18.9 Å². The summed E-state index contributed by atoms with van der Waals surface area (Å²) in [5.74, 6) is 0.876. The van der Waals surface area contributed by atoms with Gasteiger partial charge in [-0.25, -0.2) is 4.98 Å². The lowest BCUT2D eigenvalue weighted by atomic mass is 9.45. The van der Waals surface area contributed by atoms with Gasteiger partial charge in [-0.1, -0.05) is 13.8 Å². The Kier molecular flexibility index (Phi) is 4.65. The van der Waals surface area contributed by atoms with Crippen molar-refractivity contribution in [3.8, 4) is 6.01 Å². The summed E-state index contributed by atoms with van der Waals surface area (Å²) < 4.78 is 7.06. The molecule has 6 heteroatoms. The zero-order valence-electron chi connectivity index (χ0n) is 14.4. The zero-order chi connectivity index (χ0) is 17.3. The van der Waals surface area contributed by atoms with Crippen molar-refractivity contribution in [3.05, 3.63) is 12.4 Å². The molecule has 6 nitrogen and oxygen atoms in total. The number of aliphatic carboxylic acids is 1. The van der Waals surface area contributed by atoms with E-state index in [0.717, 1.165) is 30.7 Å². The highest BCUT2D eigenvalue weighted by atomic mass is 16.5. The number of carbonyl (C=O) groups excluding carboxylic acids is 1. The van der Waals surface area contributed by atoms with Crippen molar-refractivity contribution in [3.63, 3.8) is 0 Å². The van der Waals surface area contributed by atoms with Crippen LogP contribution in [0.25, 0.3) is 0 Å². The lowest BCUT2D eigenvalue weighted by Crippen LogP contribution is -2.52. The highest BCUT2D eigenvalue weighted by Crippen LogP contribution is 2.62. The van der Waals surface area contributed by atoms with Crippen molar-refractivity contribution >= 4 is 11.9 Å². The Labute approximate surface area is 142 Å². The molecule has 2 bridgehead atoms. The van der Waals surface area contributed by atoms with Gasteiger partial charge < -0.3 is 14.4 Å². The second-order valence-electron chi connectivity index (χ2n) is 7.76. The van der Waals surface area contributed by atoms with Crippen LogP contribution in [0.4, 0.5) is 0 Å². The molecule has 1 heterocycles. The van der Waals surface area contributed by atoms with E-state index in [9.17, 15) is 9.59 Å². The molecule has 3 saturated carbocycles. The number of imidazole rings is 1. The number of esters is 1. The summed E-state index contributed by atoms with van der Waals surface area (Å²) in [6.07, 6.45) is 8.12. The Morgan fingerprint density at radius 2 is 2.17 bits per heavy atom. The molecule has 3 atom stereocenters. The average Bonchev–Trinajstić information content (AvgIpc) is 2.98. The quantitative estimate of drug-likeness (QED) is 0.775. The molecule has 0 amide bonds. The molecule has 0 saturated heterocycles. The molecule has 1 N–H and O–H groups in total. The molecule has 1 aromatic rings. The van der Waals surface area contributed by atoms with Gasteiger partial charge in [0.15, 0.2) is 0 Å². The first-order valence-corrected chi connectivity index (χ1v) is 8.81. The first-order chi connectivity index (χ1) is 11.4. The highest BCUT2D eigenvalue weighted by Gasteiger charge is 2.53. The predicted octanol–water partition coefficient (Wildman–Crippen LogP) is 3.12. The minimum Gasteiger partial charge on any atom is -0.481 e. The fourth-order valence-electron chi connectivity index (χ4n) is 4.55. The Morgan fingerprint density at radius 3 is 2.83 bits per heavy atom. The predicted molar refractivity (Wildman–Crippen MR) is 87.5 cm³/mol. The minimum atomic E-state index is -1.01. The van der Waals surface area contributed by atoms with Gasteiger partial charge in [0.25, 0.3) is 0 Å². The van der Waals surface area contributed by atoms with Gasteiger partial charge in [0.1, 0.15) is 0 Å². The summed E-state index contributed by atoms with van der Waals surface area (Å²) in [6, 6.07) is 0.270. The maximum Gasteiger partial charge on any atom is 0.314 e. The van der Waals surface area contributed by atoms with Crippen LogP contribution < -0.4 is 4.74 Å². The Balaban J connectivity index is 1.52. The van der Waals surface area contributed by atoms with Crippen molar-refractivity contribution in [1.29, 1.82) is 0 Å². The van der Waals surface area contributed by atoms with E-state index in [1.165, 1.54) is 19.3 Å². The number of rotatable bonds is 7. The minimum absolute atomic E-state index is 0.136. The Morgan fingerprint density at radius 1 is 1.38 bits per heavy atom. The Hall–Kier alpha value is -1.85. The van der Waals surface area contributed by atoms with Gasteiger partial charge >= 0.3 is 17.9 Å². The molecule has 3 fully saturated rings.